The molecule has 0 radical (unpaired) electrons. The summed E-state index contributed by atoms with van der Waals surface area (Å²) >= 11 is 1.64. The van der Waals surface area contributed by atoms with Crippen molar-refractivity contribution in [1.82, 2.24) is 5.32 Å². The first-order valence-corrected chi connectivity index (χ1v) is 7.48. The van der Waals surface area contributed by atoms with Gasteiger partial charge in [-0.2, -0.15) is 0 Å². The van der Waals surface area contributed by atoms with Crippen molar-refractivity contribution in [2.75, 3.05) is 5.75 Å². The molecule has 1 heterocycles. The van der Waals surface area contributed by atoms with E-state index in [2.05, 4.69) is 5.32 Å². The predicted octanol–water partition coefficient (Wildman–Crippen LogP) is 2.41. The molecule has 0 aliphatic carbocycles. The maximum atomic E-state index is 12.3. The minimum atomic E-state index is -1.00. The molecule has 2 rings (SSSR count). The van der Waals surface area contributed by atoms with Crippen molar-refractivity contribution in [3.05, 3.63) is 42.0 Å². The van der Waals surface area contributed by atoms with Gasteiger partial charge in [-0.3, -0.25) is 4.79 Å². The number of carboxylic acid groups (broad SMARTS) is 1. The Morgan fingerprint density at radius 2 is 2.25 bits per heavy atom. The standard InChI is InChI=1S/C15H17NO3S/c1-2-3-7-12(15(18)19)16-14(17)11-9-20-13-8-5-4-6-10(11)13/h2-6,8,11-12H,7,9H2,1H3,(H,16,17)(H,18,19)/b3-2+. The molecular formula is C15H17NO3S. The number of rotatable bonds is 5. The van der Waals surface area contributed by atoms with Crippen molar-refractivity contribution in [3.63, 3.8) is 0 Å². The van der Waals surface area contributed by atoms with Gasteiger partial charge >= 0.3 is 5.97 Å². The van der Waals surface area contributed by atoms with Gasteiger partial charge in [0.25, 0.3) is 0 Å². The van der Waals surface area contributed by atoms with Crippen LogP contribution < -0.4 is 5.32 Å². The quantitative estimate of drug-likeness (QED) is 0.818. The average Bonchev–Trinajstić information content (AvgIpc) is 2.87. The zero-order chi connectivity index (χ0) is 14.5. The second-order valence-electron chi connectivity index (χ2n) is 4.61. The van der Waals surface area contributed by atoms with Gasteiger partial charge in [-0.25, -0.2) is 4.79 Å². The summed E-state index contributed by atoms with van der Waals surface area (Å²) in [6, 6.07) is 6.90. The molecule has 1 aliphatic heterocycles. The van der Waals surface area contributed by atoms with Crippen molar-refractivity contribution in [2.45, 2.75) is 30.2 Å². The largest absolute Gasteiger partial charge is 0.480 e. The predicted molar refractivity (Wildman–Crippen MR) is 78.9 cm³/mol. The molecule has 4 nitrogen and oxygen atoms in total. The molecule has 1 aliphatic rings. The number of carbonyl (C=O) groups is 2. The highest BCUT2D eigenvalue weighted by atomic mass is 32.2. The zero-order valence-electron chi connectivity index (χ0n) is 11.2. The lowest BCUT2D eigenvalue weighted by atomic mass is 10.00. The average molecular weight is 291 g/mol. The van der Waals surface area contributed by atoms with Crippen molar-refractivity contribution in [2.24, 2.45) is 0 Å². The van der Waals surface area contributed by atoms with Gasteiger partial charge < -0.3 is 10.4 Å². The maximum Gasteiger partial charge on any atom is 0.326 e. The Morgan fingerprint density at radius 3 is 2.95 bits per heavy atom. The summed E-state index contributed by atoms with van der Waals surface area (Å²) in [5.41, 5.74) is 0.991. The Bertz CT molecular complexity index is 542. The minimum absolute atomic E-state index is 0.209. The van der Waals surface area contributed by atoms with Gasteiger partial charge in [-0.15, -0.1) is 11.8 Å². The van der Waals surface area contributed by atoms with Crippen LogP contribution in [0, 0.1) is 0 Å². The summed E-state index contributed by atoms with van der Waals surface area (Å²) in [5, 5.41) is 11.8. The number of aliphatic carboxylic acids is 1. The van der Waals surface area contributed by atoms with Gasteiger partial charge in [0.1, 0.15) is 6.04 Å². The molecule has 1 amide bonds. The number of benzene rings is 1. The van der Waals surface area contributed by atoms with Crippen molar-refractivity contribution in [1.29, 1.82) is 0 Å². The van der Waals surface area contributed by atoms with E-state index in [0.717, 1.165) is 10.5 Å². The highest BCUT2D eigenvalue weighted by Crippen LogP contribution is 2.39. The van der Waals surface area contributed by atoms with Gasteiger partial charge in [0.15, 0.2) is 0 Å². The molecule has 1 aromatic rings. The second-order valence-corrected chi connectivity index (χ2v) is 5.67. The van der Waals surface area contributed by atoms with Crippen LogP contribution in [0.2, 0.25) is 0 Å². The van der Waals surface area contributed by atoms with Gasteiger partial charge in [0.05, 0.1) is 5.92 Å². The number of allylic oxidation sites excluding steroid dienone is 1. The lowest BCUT2D eigenvalue weighted by molar-refractivity contribution is -0.141. The minimum Gasteiger partial charge on any atom is -0.480 e. The fraction of sp³-hybridized carbons (Fsp3) is 0.333. The molecule has 2 atom stereocenters. The van der Waals surface area contributed by atoms with Crippen LogP contribution in [0.5, 0.6) is 0 Å². The van der Waals surface area contributed by atoms with E-state index in [9.17, 15) is 9.59 Å². The molecule has 106 valence electrons. The molecule has 0 saturated heterocycles. The van der Waals surface area contributed by atoms with Crippen LogP contribution in [-0.2, 0) is 9.59 Å². The Balaban J connectivity index is 2.07. The second kappa shape index (κ2) is 6.61. The van der Waals surface area contributed by atoms with Crippen LogP contribution in [-0.4, -0.2) is 28.8 Å². The fourth-order valence-corrected chi connectivity index (χ4v) is 3.37. The fourth-order valence-electron chi connectivity index (χ4n) is 2.15. The number of carboxylic acids is 1. The zero-order valence-corrected chi connectivity index (χ0v) is 12.0. The Kier molecular flexibility index (Phi) is 4.84. The van der Waals surface area contributed by atoms with E-state index in [1.54, 1.807) is 23.9 Å². The van der Waals surface area contributed by atoms with Crippen molar-refractivity contribution >= 4 is 23.6 Å². The van der Waals surface area contributed by atoms with Crippen LogP contribution in [0.25, 0.3) is 0 Å². The smallest absolute Gasteiger partial charge is 0.326 e. The number of carbonyl (C=O) groups excluding carboxylic acids is 1. The highest BCUT2D eigenvalue weighted by molar-refractivity contribution is 7.99. The van der Waals surface area contributed by atoms with Crippen LogP contribution in [0.15, 0.2) is 41.3 Å². The van der Waals surface area contributed by atoms with E-state index in [4.69, 9.17) is 5.11 Å². The van der Waals surface area contributed by atoms with Crippen LogP contribution in [0.4, 0.5) is 0 Å². The third-order valence-corrected chi connectivity index (χ3v) is 4.42. The summed E-state index contributed by atoms with van der Waals surface area (Å²) in [6.07, 6.45) is 3.83. The summed E-state index contributed by atoms with van der Waals surface area (Å²) in [5.74, 6) is -0.806. The molecular weight excluding hydrogens is 274 g/mol. The SMILES string of the molecule is C/C=C/CC(NC(=O)C1CSc2ccccc21)C(=O)O. The summed E-state index contributed by atoms with van der Waals surface area (Å²) in [4.78, 5) is 24.5. The van der Waals surface area contributed by atoms with E-state index in [0.29, 0.717) is 12.2 Å². The van der Waals surface area contributed by atoms with Crippen molar-refractivity contribution in [3.8, 4) is 0 Å². The van der Waals surface area contributed by atoms with Crippen molar-refractivity contribution < 1.29 is 14.7 Å². The first-order chi connectivity index (χ1) is 9.63. The Labute approximate surface area is 122 Å². The van der Waals surface area contributed by atoms with E-state index < -0.39 is 12.0 Å². The molecule has 2 N–H and O–H groups in total. The topological polar surface area (TPSA) is 66.4 Å². The van der Waals surface area contributed by atoms with E-state index in [-0.39, 0.29) is 11.8 Å². The van der Waals surface area contributed by atoms with Crippen LogP contribution >= 0.6 is 11.8 Å². The highest BCUT2D eigenvalue weighted by Gasteiger charge is 2.31. The number of fused-ring (bicyclic) bond motifs is 1. The summed E-state index contributed by atoms with van der Waals surface area (Å²) < 4.78 is 0. The molecule has 0 bridgehead atoms. The molecule has 20 heavy (non-hydrogen) atoms. The number of hydrogen-bond donors (Lipinski definition) is 2. The lowest BCUT2D eigenvalue weighted by Gasteiger charge is -2.16. The molecule has 0 aromatic heterocycles. The third-order valence-electron chi connectivity index (χ3n) is 3.24. The van der Waals surface area contributed by atoms with Gasteiger partial charge in [-0.1, -0.05) is 30.4 Å². The van der Waals surface area contributed by atoms with Crippen LogP contribution in [0.3, 0.4) is 0 Å². The van der Waals surface area contributed by atoms with Crippen LogP contribution in [0.1, 0.15) is 24.8 Å². The number of amides is 1. The molecule has 1 aromatic carbocycles. The first-order valence-electron chi connectivity index (χ1n) is 6.49. The monoisotopic (exact) mass is 291 g/mol. The number of hydrogen-bond acceptors (Lipinski definition) is 3. The molecule has 2 unspecified atom stereocenters. The molecule has 5 heteroatoms. The van der Waals surface area contributed by atoms with E-state index >= 15 is 0 Å². The van der Waals surface area contributed by atoms with Gasteiger partial charge in [-0.05, 0) is 25.0 Å². The third kappa shape index (κ3) is 3.22. The van der Waals surface area contributed by atoms with Gasteiger partial charge in [0.2, 0.25) is 5.91 Å². The number of nitrogens with one attached hydrogen (secondary N) is 1. The molecule has 0 saturated carbocycles. The first kappa shape index (κ1) is 14.7. The summed E-state index contributed by atoms with van der Waals surface area (Å²) in [7, 11) is 0. The summed E-state index contributed by atoms with van der Waals surface area (Å²) in [6.45, 7) is 1.82. The molecule has 0 spiro atoms. The number of thioether (sulfide) groups is 1. The van der Waals surface area contributed by atoms with E-state index in [1.165, 1.54) is 0 Å². The maximum absolute atomic E-state index is 12.3. The Morgan fingerprint density at radius 1 is 1.50 bits per heavy atom. The van der Waals surface area contributed by atoms with Gasteiger partial charge in [0, 0.05) is 10.6 Å². The lowest BCUT2D eigenvalue weighted by Crippen LogP contribution is -2.42. The normalized spacial score (nSPS) is 18.8. The Hall–Kier alpha value is -1.75. The van der Waals surface area contributed by atoms with E-state index in [1.807, 2.05) is 31.2 Å². The molecule has 0 fully saturated rings.